The number of fused-ring (bicyclic) bond motifs is 2. The van der Waals surface area contributed by atoms with E-state index in [0.717, 1.165) is 24.8 Å². The summed E-state index contributed by atoms with van der Waals surface area (Å²) in [5.74, 6) is 0.0226. The third kappa shape index (κ3) is 2.68. The number of rotatable bonds is 3. The van der Waals surface area contributed by atoms with Crippen LogP contribution in [0, 0.1) is 16.7 Å². The van der Waals surface area contributed by atoms with Gasteiger partial charge in [-0.15, -0.1) is 13.2 Å². The van der Waals surface area contributed by atoms with Crippen LogP contribution in [-0.4, -0.2) is 12.3 Å². The van der Waals surface area contributed by atoms with Gasteiger partial charge in [0, 0.05) is 5.69 Å². The summed E-state index contributed by atoms with van der Waals surface area (Å²) in [4.78, 5) is 12.8. The first-order chi connectivity index (χ1) is 11.0. The van der Waals surface area contributed by atoms with Crippen LogP contribution in [0.4, 0.5) is 18.9 Å². The summed E-state index contributed by atoms with van der Waals surface area (Å²) < 4.78 is 40.3. The Morgan fingerprint density at radius 3 is 2.42 bits per heavy atom. The van der Waals surface area contributed by atoms with E-state index < -0.39 is 11.8 Å². The Kier molecular flexibility index (Phi) is 3.70. The smallest absolute Gasteiger partial charge is 0.406 e. The molecule has 24 heavy (non-hydrogen) atoms. The second-order valence-electron chi connectivity index (χ2n) is 7.25. The molecular formula is C18H20F3NO2. The van der Waals surface area contributed by atoms with Crippen molar-refractivity contribution in [2.45, 2.75) is 39.5 Å². The molecule has 0 aromatic heterocycles. The molecule has 6 heteroatoms. The minimum Gasteiger partial charge on any atom is -0.406 e. The highest BCUT2D eigenvalue weighted by Gasteiger charge is 2.60. The molecule has 1 amide bonds. The first-order valence-corrected chi connectivity index (χ1v) is 7.92. The van der Waals surface area contributed by atoms with Gasteiger partial charge >= 0.3 is 6.36 Å². The fourth-order valence-electron chi connectivity index (χ4n) is 4.13. The predicted molar refractivity (Wildman–Crippen MR) is 84.4 cm³/mol. The van der Waals surface area contributed by atoms with E-state index in [1.807, 2.05) is 0 Å². The second-order valence-corrected chi connectivity index (χ2v) is 7.25. The Morgan fingerprint density at radius 1 is 1.29 bits per heavy atom. The van der Waals surface area contributed by atoms with Gasteiger partial charge in [0.2, 0.25) is 5.91 Å². The molecule has 2 bridgehead atoms. The van der Waals surface area contributed by atoms with Gasteiger partial charge in [-0.1, -0.05) is 26.0 Å². The maximum atomic E-state index is 12.8. The molecule has 2 aliphatic rings. The van der Waals surface area contributed by atoms with Crippen molar-refractivity contribution in [3.8, 4) is 5.75 Å². The minimum absolute atomic E-state index is 0.0556. The zero-order valence-electron chi connectivity index (χ0n) is 13.7. The number of carbonyl (C=O) groups is 1. The number of amides is 1. The normalized spacial score (nSPS) is 28.0. The van der Waals surface area contributed by atoms with Crippen molar-refractivity contribution in [3.63, 3.8) is 0 Å². The highest BCUT2D eigenvalue weighted by atomic mass is 19.4. The van der Waals surface area contributed by atoms with Crippen LogP contribution in [0.15, 0.2) is 36.4 Å². The largest absolute Gasteiger partial charge is 0.573 e. The number of hydrogen-bond donors (Lipinski definition) is 1. The van der Waals surface area contributed by atoms with Crippen LogP contribution < -0.4 is 10.1 Å². The van der Waals surface area contributed by atoms with Gasteiger partial charge < -0.3 is 10.1 Å². The van der Waals surface area contributed by atoms with Gasteiger partial charge in [-0.3, -0.25) is 4.79 Å². The Bertz CT molecular complexity index is 678. The van der Waals surface area contributed by atoms with E-state index in [2.05, 4.69) is 30.5 Å². The van der Waals surface area contributed by atoms with Crippen LogP contribution in [0.5, 0.6) is 5.75 Å². The third-order valence-corrected chi connectivity index (χ3v) is 5.67. The maximum Gasteiger partial charge on any atom is 0.573 e. The van der Waals surface area contributed by atoms with Crippen molar-refractivity contribution >= 4 is 11.6 Å². The molecule has 0 spiro atoms. The fourth-order valence-corrected chi connectivity index (χ4v) is 4.13. The SMILES string of the molecule is C=C1C(C)(C)[C@@H]2CC[C@]1(C(=O)Nc1ccc(OC(F)(F)F)cc1)C2. The standard InChI is InChI=1S/C18H20F3NO2/c1-11-16(2,3)12-8-9-17(11,10-12)15(23)22-13-4-6-14(7-5-13)24-18(19,20)21/h4-7,12H,1,8-10H2,2-3H3,(H,22,23)/t12-,17+/m1/s1. The molecule has 0 saturated heterocycles. The molecule has 2 atom stereocenters. The molecule has 2 fully saturated rings. The van der Waals surface area contributed by atoms with E-state index in [4.69, 9.17) is 0 Å². The molecule has 1 aromatic rings. The van der Waals surface area contributed by atoms with Gasteiger partial charge in [0.15, 0.2) is 0 Å². The Balaban J connectivity index is 1.73. The van der Waals surface area contributed by atoms with Gasteiger partial charge in [0.05, 0.1) is 5.41 Å². The van der Waals surface area contributed by atoms with Crippen LogP contribution in [0.1, 0.15) is 33.1 Å². The molecule has 2 saturated carbocycles. The van der Waals surface area contributed by atoms with E-state index in [-0.39, 0.29) is 17.1 Å². The number of ether oxygens (including phenoxy) is 1. The first kappa shape index (κ1) is 16.9. The Labute approximate surface area is 138 Å². The highest BCUT2D eigenvalue weighted by molar-refractivity contribution is 5.98. The summed E-state index contributed by atoms with van der Waals surface area (Å²) in [6, 6.07) is 5.19. The summed E-state index contributed by atoms with van der Waals surface area (Å²) in [6.45, 7) is 8.42. The summed E-state index contributed by atoms with van der Waals surface area (Å²) in [5, 5.41) is 2.82. The summed E-state index contributed by atoms with van der Waals surface area (Å²) in [5.41, 5.74) is 0.792. The molecule has 3 nitrogen and oxygen atoms in total. The fraction of sp³-hybridized carbons (Fsp3) is 0.500. The lowest BCUT2D eigenvalue weighted by Gasteiger charge is -2.37. The number of alkyl halides is 3. The van der Waals surface area contributed by atoms with Gasteiger partial charge in [-0.2, -0.15) is 0 Å². The van der Waals surface area contributed by atoms with Crippen LogP contribution >= 0.6 is 0 Å². The lowest BCUT2D eigenvalue weighted by Crippen LogP contribution is -2.37. The third-order valence-electron chi connectivity index (χ3n) is 5.67. The van der Waals surface area contributed by atoms with Gasteiger partial charge in [-0.05, 0) is 54.9 Å². The molecule has 2 aliphatic carbocycles. The number of carbonyl (C=O) groups excluding carboxylic acids is 1. The van der Waals surface area contributed by atoms with Crippen molar-refractivity contribution in [1.29, 1.82) is 0 Å². The van der Waals surface area contributed by atoms with E-state index in [9.17, 15) is 18.0 Å². The quantitative estimate of drug-likeness (QED) is 0.795. The van der Waals surface area contributed by atoms with Crippen molar-refractivity contribution in [3.05, 3.63) is 36.4 Å². The molecule has 1 N–H and O–H groups in total. The molecule has 1 aromatic carbocycles. The molecule has 0 radical (unpaired) electrons. The monoisotopic (exact) mass is 339 g/mol. The topological polar surface area (TPSA) is 38.3 Å². The highest BCUT2D eigenvalue weighted by Crippen LogP contribution is 2.65. The Hall–Kier alpha value is -1.98. The molecule has 0 heterocycles. The van der Waals surface area contributed by atoms with E-state index >= 15 is 0 Å². The number of hydrogen-bond acceptors (Lipinski definition) is 2. The van der Waals surface area contributed by atoms with Gasteiger partial charge in [0.25, 0.3) is 0 Å². The Morgan fingerprint density at radius 2 is 1.92 bits per heavy atom. The lowest BCUT2D eigenvalue weighted by molar-refractivity contribution is -0.274. The van der Waals surface area contributed by atoms with Crippen LogP contribution in [0.25, 0.3) is 0 Å². The zero-order chi connectivity index (χ0) is 17.8. The minimum atomic E-state index is -4.73. The van der Waals surface area contributed by atoms with Crippen LogP contribution in [0.3, 0.4) is 0 Å². The zero-order valence-corrected chi connectivity index (χ0v) is 13.7. The maximum absolute atomic E-state index is 12.8. The average molecular weight is 339 g/mol. The molecule has 0 unspecified atom stereocenters. The molecule has 130 valence electrons. The van der Waals surface area contributed by atoms with Crippen LogP contribution in [-0.2, 0) is 4.79 Å². The van der Waals surface area contributed by atoms with Crippen molar-refractivity contribution in [2.75, 3.05) is 5.32 Å². The predicted octanol–water partition coefficient (Wildman–Crippen LogP) is 4.91. The average Bonchev–Trinajstić information content (AvgIpc) is 3.00. The van der Waals surface area contributed by atoms with Crippen molar-refractivity contribution in [1.82, 2.24) is 0 Å². The molecule has 3 rings (SSSR count). The second kappa shape index (κ2) is 5.26. The van der Waals surface area contributed by atoms with Crippen molar-refractivity contribution < 1.29 is 22.7 Å². The van der Waals surface area contributed by atoms with Gasteiger partial charge in [0.1, 0.15) is 5.75 Å². The first-order valence-electron chi connectivity index (χ1n) is 7.92. The van der Waals surface area contributed by atoms with E-state index in [1.165, 1.54) is 24.3 Å². The van der Waals surface area contributed by atoms with E-state index in [0.29, 0.717) is 11.6 Å². The number of benzene rings is 1. The number of nitrogens with one attached hydrogen (secondary N) is 1. The van der Waals surface area contributed by atoms with E-state index in [1.54, 1.807) is 0 Å². The number of halogens is 3. The summed E-state index contributed by atoms with van der Waals surface area (Å²) in [6.07, 6.45) is -2.16. The number of anilines is 1. The lowest BCUT2D eigenvalue weighted by atomic mass is 9.68. The molecule has 0 aliphatic heterocycles. The van der Waals surface area contributed by atoms with Gasteiger partial charge in [-0.25, -0.2) is 0 Å². The summed E-state index contributed by atoms with van der Waals surface area (Å²) >= 11 is 0. The molecular weight excluding hydrogens is 319 g/mol. The van der Waals surface area contributed by atoms with Crippen LogP contribution in [0.2, 0.25) is 0 Å². The summed E-state index contributed by atoms with van der Waals surface area (Å²) in [7, 11) is 0. The van der Waals surface area contributed by atoms with Crippen molar-refractivity contribution in [2.24, 2.45) is 16.7 Å².